The maximum Gasteiger partial charge on any atom is 0.233 e. The molecule has 2 rings (SSSR count). The van der Waals surface area contributed by atoms with Crippen molar-refractivity contribution in [2.75, 3.05) is 0 Å². The van der Waals surface area contributed by atoms with Crippen LogP contribution in [0.2, 0.25) is 0 Å². The lowest BCUT2D eigenvalue weighted by molar-refractivity contribution is -0.120. The lowest BCUT2D eigenvalue weighted by atomic mass is 10.0. The van der Waals surface area contributed by atoms with Gasteiger partial charge in [0.1, 0.15) is 0 Å². The predicted molar refractivity (Wildman–Crippen MR) is 82.5 cm³/mol. The van der Waals surface area contributed by atoms with E-state index in [0.717, 1.165) is 18.6 Å². The minimum atomic E-state index is 0.0328. The fraction of sp³-hybridized carbons (Fsp3) is 0.562. The molecule has 19 heavy (non-hydrogen) atoms. The van der Waals surface area contributed by atoms with Crippen molar-refractivity contribution in [3.05, 3.63) is 35.4 Å². The Morgan fingerprint density at radius 2 is 1.89 bits per heavy atom. The van der Waals surface area contributed by atoms with Crippen LogP contribution in [-0.2, 0) is 10.5 Å². The highest BCUT2D eigenvalue weighted by Gasteiger charge is 2.25. The Labute approximate surface area is 120 Å². The van der Waals surface area contributed by atoms with Gasteiger partial charge in [0.05, 0.1) is 5.25 Å². The Balaban J connectivity index is 1.78. The van der Waals surface area contributed by atoms with Gasteiger partial charge in [-0.25, -0.2) is 0 Å². The van der Waals surface area contributed by atoms with Crippen LogP contribution in [0.3, 0.4) is 0 Å². The van der Waals surface area contributed by atoms with Crippen LogP contribution in [0.25, 0.3) is 0 Å². The molecule has 0 heterocycles. The van der Waals surface area contributed by atoms with Gasteiger partial charge in [0, 0.05) is 11.8 Å². The van der Waals surface area contributed by atoms with Gasteiger partial charge in [-0.2, -0.15) is 0 Å². The zero-order valence-corrected chi connectivity index (χ0v) is 12.8. The van der Waals surface area contributed by atoms with Crippen molar-refractivity contribution in [1.29, 1.82) is 0 Å². The molecule has 0 aromatic heterocycles. The number of rotatable bonds is 6. The minimum Gasteiger partial charge on any atom is -0.352 e. The molecule has 1 fully saturated rings. The van der Waals surface area contributed by atoms with Crippen molar-refractivity contribution in [2.45, 2.75) is 56.6 Å². The molecular formula is C16H23NOS. The Kier molecular flexibility index (Phi) is 4.92. The van der Waals surface area contributed by atoms with Crippen LogP contribution in [0, 0.1) is 0 Å². The Morgan fingerprint density at radius 1 is 1.26 bits per heavy atom. The summed E-state index contributed by atoms with van der Waals surface area (Å²) in [7, 11) is 0. The van der Waals surface area contributed by atoms with Crippen LogP contribution in [0.1, 0.15) is 50.7 Å². The minimum absolute atomic E-state index is 0.0328. The van der Waals surface area contributed by atoms with Crippen molar-refractivity contribution < 1.29 is 4.79 Å². The topological polar surface area (TPSA) is 29.1 Å². The number of hydrogen-bond donors (Lipinski definition) is 1. The van der Waals surface area contributed by atoms with Gasteiger partial charge in [0.2, 0.25) is 5.91 Å². The molecule has 1 saturated carbocycles. The second-order valence-corrected chi connectivity index (χ2v) is 6.96. The van der Waals surface area contributed by atoms with Gasteiger partial charge < -0.3 is 5.32 Å². The molecule has 1 aliphatic rings. The van der Waals surface area contributed by atoms with Crippen LogP contribution in [-0.4, -0.2) is 17.2 Å². The normalized spacial score (nSPS) is 16.4. The summed E-state index contributed by atoms with van der Waals surface area (Å²) >= 11 is 1.71. The van der Waals surface area contributed by atoms with Gasteiger partial charge in [-0.1, -0.05) is 38.1 Å². The summed E-state index contributed by atoms with van der Waals surface area (Å²) in [6.45, 7) is 6.40. The standard InChI is InChI=1S/C16H23NOS/c1-11(2)14-6-4-13(5-7-14)10-19-12(3)16(18)17-15-8-9-15/h4-7,11-12,15H,8-10H2,1-3H3,(H,17,18). The summed E-state index contributed by atoms with van der Waals surface area (Å²) in [6, 6.07) is 9.19. The van der Waals surface area contributed by atoms with E-state index >= 15 is 0 Å². The number of benzene rings is 1. The molecule has 1 unspecified atom stereocenters. The molecule has 0 spiro atoms. The Morgan fingerprint density at radius 3 is 2.42 bits per heavy atom. The van der Waals surface area contributed by atoms with Gasteiger partial charge in [0.25, 0.3) is 0 Å². The average molecular weight is 277 g/mol. The highest BCUT2D eigenvalue weighted by Crippen LogP contribution is 2.23. The van der Waals surface area contributed by atoms with Crippen molar-refractivity contribution in [2.24, 2.45) is 0 Å². The summed E-state index contributed by atoms with van der Waals surface area (Å²) < 4.78 is 0. The van der Waals surface area contributed by atoms with Gasteiger partial charge in [-0.3, -0.25) is 4.79 Å². The fourth-order valence-corrected chi connectivity index (χ4v) is 2.70. The van der Waals surface area contributed by atoms with E-state index in [1.165, 1.54) is 11.1 Å². The molecule has 2 nitrogen and oxygen atoms in total. The van der Waals surface area contributed by atoms with E-state index in [4.69, 9.17) is 0 Å². The zero-order valence-electron chi connectivity index (χ0n) is 12.0. The molecule has 1 aromatic rings. The molecule has 1 atom stereocenters. The molecule has 0 radical (unpaired) electrons. The molecule has 104 valence electrons. The highest BCUT2D eigenvalue weighted by atomic mass is 32.2. The zero-order chi connectivity index (χ0) is 13.8. The van der Waals surface area contributed by atoms with Gasteiger partial charge in [0.15, 0.2) is 0 Å². The molecule has 1 aromatic carbocycles. The highest BCUT2D eigenvalue weighted by molar-refractivity contribution is 7.99. The molecule has 0 saturated heterocycles. The Hall–Kier alpha value is -0.960. The summed E-state index contributed by atoms with van der Waals surface area (Å²) in [4.78, 5) is 11.8. The monoisotopic (exact) mass is 277 g/mol. The number of hydrogen-bond acceptors (Lipinski definition) is 2. The lowest BCUT2D eigenvalue weighted by Gasteiger charge is -2.12. The van der Waals surface area contributed by atoms with Crippen molar-refractivity contribution in [1.82, 2.24) is 5.32 Å². The van der Waals surface area contributed by atoms with E-state index in [0.29, 0.717) is 12.0 Å². The first-order chi connectivity index (χ1) is 9.06. The van der Waals surface area contributed by atoms with Crippen molar-refractivity contribution >= 4 is 17.7 Å². The van der Waals surface area contributed by atoms with Gasteiger partial charge >= 0.3 is 0 Å². The number of amides is 1. The first-order valence-corrected chi connectivity index (χ1v) is 8.12. The SMILES string of the molecule is CC(SCc1ccc(C(C)C)cc1)C(=O)NC1CC1. The van der Waals surface area contributed by atoms with Crippen molar-refractivity contribution in [3.63, 3.8) is 0 Å². The van der Waals surface area contributed by atoms with Crippen LogP contribution < -0.4 is 5.32 Å². The molecule has 0 aliphatic heterocycles. The number of nitrogens with one attached hydrogen (secondary N) is 1. The third-order valence-electron chi connectivity index (χ3n) is 3.44. The quantitative estimate of drug-likeness (QED) is 0.859. The third kappa shape index (κ3) is 4.57. The Bertz CT molecular complexity index is 423. The van der Waals surface area contributed by atoms with Crippen LogP contribution in [0.4, 0.5) is 0 Å². The molecule has 1 aliphatic carbocycles. The number of carbonyl (C=O) groups is 1. The number of carbonyl (C=O) groups excluding carboxylic acids is 1. The maximum atomic E-state index is 11.8. The summed E-state index contributed by atoms with van der Waals surface area (Å²) in [5.74, 6) is 1.66. The molecule has 3 heteroatoms. The van der Waals surface area contributed by atoms with Crippen LogP contribution in [0.5, 0.6) is 0 Å². The van der Waals surface area contributed by atoms with Crippen molar-refractivity contribution in [3.8, 4) is 0 Å². The predicted octanol–water partition coefficient (Wildman–Crippen LogP) is 3.71. The van der Waals surface area contributed by atoms with Gasteiger partial charge in [-0.05, 0) is 36.8 Å². The molecule has 0 bridgehead atoms. The van der Waals surface area contributed by atoms with E-state index in [1.807, 2.05) is 6.92 Å². The third-order valence-corrected chi connectivity index (χ3v) is 4.65. The molecule has 1 N–H and O–H groups in total. The number of thioether (sulfide) groups is 1. The van der Waals surface area contributed by atoms with Crippen LogP contribution in [0.15, 0.2) is 24.3 Å². The van der Waals surface area contributed by atoms with E-state index in [9.17, 15) is 4.79 Å². The van der Waals surface area contributed by atoms with E-state index in [1.54, 1.807) is 11.8 Å². The maximum absolute atomic E-state index is 11.8. The van der Waals surface area contributed by atoms with E-state index < -0.39 is 0 Å². The summed E-state index contributed by atoms with van der Waals surface area (Å²) in [5.41, 5.74) is 2.66. The average Bonchev–Trinajstić information content (AvgIpc) is 3.20. The first-order valence-electron chi connectivity index (χ1n) is 7.07. The second kappa shape index (κ2) is 6.47. The summed E-state index contributed by atoms with van der Waals surface area (Å²) in [6.07, 6.45) is 2.31. The van der Waals surface area contributed by atoms with E-state index in [2.05, 4.69) is 43.4 Å². The first kappa shape index (κ1) is 14.4. The molecule has 1 amide bonds. The largest absolute Gasteiger partial charge is 0.352 e. The summed E-state index contributed by atoms with van der Waals surface area (Å²) in [5, 5.41) is 3.09. The molecular weight excluding hydrogens is 254 g/mol. The lowest BCUT2D eigenvalue weighted by Crippen LogP contribution is -2.32. The second-order valence-electron chi connectivity index (χ2n) is 5.63. The van der Waals surface area contributed by atoms with Gasteiger partial charge in [-0.15, -0.1) is 11.8 Å². The van der Waals surface area contributed by atoms with Crippen LogP contribution >= 0.6 is 11.8 Å². The van der Waals surface area contributed by atoms with E-state index in [-0.39, 0.29) is 11.2 Å². The smallest absolute Gasteiger partial charge is 0.233 e. The fourth-order valence-electron chi connectivity index (χ4n) is 1.84.